The normalized spacial score (nSPS) is 29.6. The number of hydrogen-bond donors (Lipinski definition) is 1. The summed E-state index contributed by atoms with van der Waals surface area (Å²) in [6.07, 6.45) is 2.59. The van der Waals surface area contributed by atoms with Crippen LogP contribution < -0.4 is 5.32 Å². The highest BCUT2D eigenvalue weighted by Crippen LogP contribution is 2.38. The summed E-state index contributed by atoms with van der Waals surface area (Å²) < 4.78 is 11.6. The van der Waals surface area contributed by atoms with E-state index in [9.17, 15) is 0 Å². The van der Waals surface area contributed by atoms with Gasteiger partial charge in [-0.2, -0.15) is 0 Å². The van der Waals surface area contributed by atoms with Crippen LogP contribution in [0, 0.1) is 5.41 Å². The lowest BCUT2D eigenvalue weighted by Crippen LogP contribution is -2.50. The first-order chi connectivity index (χ1) is 13.3. The standard InChI is InChI=1S/C21H32N4O2/c1-22-20(25-9-7-21(16-25)8-11-26-17-21)23-13-19-15-24(10-12-27-19)14-18-5-3-2-4-6-18/h2-6,19H,7-17H2,1H3,(H,22,23). The Kier molecular flexibility index (Phi) is 5.95. The monoisotopic (exact) mass is 372 g/mol. The van der Waals surface area contributed by atoms with Crippen LogP contribution in [-0.2, 0) is 16.0 Å². The zero-order valence-corrected chi connectivity index (χ0v) is 16.4. The summed E-state index contributed by atoms with van der Waals surface area (Å²) in [7, 11) is 1.88. The molecule has 4 rings (SSSR count). The molecule has 3 aliphatic heterocycles. The molecule has 1 aromatic carbocycles. The van der Waals surface area contributed by atoms with Gasteiger partial charge in [-0.05, 0) is 18.4 Å². The third kappa shape index (κ3) is 4.62. The van der Waals surface area contributed by atoms with E-state index in [0.717, 1.165) is 65.0 Å². The van der Waals surface area contributed by atoms with Gasteiger partial charge in [0.05, 0.1) is 19.3 Å². The van der Waals surface area contributed by atoms with Gasteiger partial charge >= 0.3 is 0 Å². The topological polar surface area (TPSA) is 49.3 Å². The van der Waals surface area contributed by atoms with Crippen molar-refractivity contribution in [3.05, 3.63) is 35.9 Å². The lowest BCUT2D eigenvalue weighted by Gasteiger charge is -2.34. The van der Waals surface area contributed by atoms with E-state index < -0.39 is 0 Å². The summed E-state index contributed by atoms with van der Waals surface area (Å²) in [4.78, 5) is 9.39. The lowest BCUT2D eigenvalue weighted by molar-refractivity contribution is -0.0283. The van der Waals surface area contributed by atoms with Crippen LogP contribution in [-0.4, -0.2) is 81.5 Å². The van der Waals surface area contributed by atoms with Gasteiger partial charge in [-0.25, -0.2) is 0 Å². The van der Waals surface area contributed by atoms with E-state index in [1.807, 2.05) is 7.05 Å². The van der Waals surface area contributed by atoms with Crippen molar-refractivity contribution in [1.29, 1.82) is 0 Å². The molecule has 3 saturated heterocycles. The molecule has 27 heavy (non-hydrogen) atoms. The van der Waals surface area contributed by atoms with Gasteiger partial charge in [-0.1, -0.05) is 30.3 Å². The maximum Gasteiger partial charge on any atom is 0.193 e. The van der Waals surface area contributed by atoms with Gasteiger partial charge < -0.3 is 19.7 Å². The minimum absolute atomic E-state index is 0.200. The molecule has 2 atom stereocenters. The summed E-state index contributed by atoms with van der Waals surface area (Å²) in [5.41, 5.74) is 1.72. The highest BCUT2D eigenvalue weighted by atomic mass is 16.5. The molecule has 3 aliphatic rings. The van der Waals surface area contributed by atoms with Gasteiger partial charge in [0.15, 0.2) is 5.96 Å². The maximum atomic E-state index is 6.00. The van der Waals surface area contributed by atoms with Crippen molar-refractivity contribution >= 4 is 5.96 Å². The predicted molar refractivity (Wildman–Crippen MR) is 107 cm³/mol. The minimum Gasteiger partial charge on any atom is -0.381 e. The summed E-state index contributed by atoms with van der Waals surface area (Å²) in [5.74, 6) is 1.00. The number of rotatable bonds is 4. The van der Waals surface area contributed by atoms with Crippen molar-refractivity contribution in [3.8, 4) is 0 Å². The van der Waals surface area contributed by atoms with Gasteiger partial charge in [0, 0.05) is 58.3 Å². The molecule has 0 radical (unpaired) electrons. The Balaban J connectivity index is 1.26. The molecular weight excluding hydrogens is 340 g/mol. The van der Waals surface area contributed by atoms with E-state index in [1.165, 1.54) is 18.4 Å². The number of ether oxygens (including phenoxy) is 2. The zero-order valence-electron chi connectivity index (χ0n) is 16.4. The number of nitrogens with zero attached hydrogens (tertiary/aromatic N) is 3. The summed E-state index contributed by atoms with van der Waals surface area (Å²) >= 11 is 0. The van der Waals surface area contributed by atoms with Crippen molar-refractivity contribution < 1.29 is 9.47 Å². The third-order valence-corrected chi connectivity index (χ3v) is 6.09. The Morgan fingerprint density at radius 1 is 1.22 bits per heavy atom. The number of hydrogen-bond acceptors (Lipinski definition) is 4. The Morgan fingerprint density at radius 2 is 2.11 bits per heavy atom. The van der Waals surface area contributed by atoms with E-state index in [0.29, 0.717) is 5.41 Å². The van der Waals surface area contributed by atoms with E-state index in [4.69, 9.17) is 9.47 Å². The third-order valence-electron chi connectivity index (χ3n) is 6.09. The Morgan fingerprint density at radius 3 is 2.89 bits per heavy atom. The first-order valence-corrected chi connectivity index (χ1v) is 10.2. The summed E-state index contributed by atoms with van der Waals surface area (Å²) in [6, 6.07) is 10.7. The molecule has 0 amide bonds. The van der Waals surface area contributed by atoms with Crippen LogP contribution in [0.25, 0.3) is 0 Å². The first-order valence-electron chi connectivity index (χ1n) is 10.2. The molecule has 6 heteroatoms. The van der Waals surface area contributed by atoms with Gasteiger partial charge in [-0.15, -0.1) is 0 Å². The van der Waals surface area contributed by atoms with Crippen LogP contribution in [0.5, 0.6) is 0 Å². The Labute approximate surface area is 162 Å². The molecule has 1 N–H and O–H groups in total. The second-order valence-electron chi connectivity index (χ2n) is 8.12. The van der Waals surface area contributed by atoms with Crippen LogP contribution in [0.4, 0.5) is 0 Å². The quantitative estimate of drug-likeness (QED) is 0.642. The number of morpholine rings is 1. The molecule has 1 spiro atoms. The van der Waals surface area contributed by atoms with E-state index in [-0.39, 0.29) is 6.10 Å². The number of benzene rings is 1. The van der Waals surface area contributed by atoms with E-state index in [2.05, 4.69) is 50.4 Å². The van der Waals surface area contributed by atoms with Crippen molar-refractivity contribution in [2.24, 2.45) is 10.4 Å². The molecule has 0 aliphatic carbocycles. The van der Waals surface area contributed by atoms with Crippen LogP contribution in [0.15, 0.2) is 35.3 Å². The molecule has 2 unspecified atom stereocenters. The van der Waals surface area contributed by atoms with Gasteiger partial charge in [-0.3, -0.25) is 9.89 Å². The van der Waals surface area contributed by atoms with Crippen molar-refractivity contribution in [3.63, 3.8) is 0 Å². The number of aliphatic imine (C=N–C) groups is 1. The molecule has 148 valence electrons. The predicted octanol–water partition coefficient (Wildman–Crippen LogP) is 1.58. The fourth-order valence-electron chi connectivity index (χ4n) is 4.51. The average Bonchev–Trinajstić information content (AvgIpc) is 3.34. The Hall–Kier alpha value is -1.63. The fraction of sp³-hybridized carbons (Fsp3) is 0.667. The molecule has 0 aromatic heterocycles. The Bertz CT molecular complexity index is 630. The van der Waals surface area contributed by atoms with Gasteiger partial charge in [0.1, 0.15) is 0 Å². The van der Waals surface area contributed by atoms with Crippen molar-refractivity contribution in [1.82, 2.24) is 15.1 Å². The number of likely N-dealkylation sites (tertiary alicyclic amines) is 1. The first kappa shape index (κ1) is 18.7. The lowest BCUT2D eigenvalue weighted by atomic mass is 9.87. The van der Waals surface area contributed by atoms with Crippen molar-refractivity contribution in [2.45, 2.75) is 25.5 Å². The molecular formula is C21H32N4O2. The molecule has 3 heterocycles. The smallest absolute Gasteiger partial charge is 0.193 e. The van der Waals surface area contributed by atoms with Crippen molar-refractivity contribution in [2.75, 3.05) is 59.6 Å². The summed E-state index contributed by atoms with van der Waals surface area (Å²) in [6.45, 7) is 8.47. The number of nitrogens with one attached hydrogen (secondary N) is 1. The van der Waals surface area contributed by atoms with Crippen LogP contribution >= 0.6 is 0 Å². The van der Waals surface area contributed by atoms with Crippen LogP contribution in [0.2, 0.25) is 0 Å². The van der Waals surface area contributed by atoms with Crippen LogP contribution in [0.3, 0.4) is 0 Å². The molecule has 0 saturated carbocycles. The number of guanidine groups is 1. The zero-order chi connectivity index (χ0) is 18.5. The molecule has 3 fully saturated rings. The van der Waals surface area contributed by atoms with Crippen LogP contribution in [0.1, 0.15) is 18.4 Å². The fourth-order valence-corrected chi connectivity index (χ4v) is 4.51. The SMILES string of the molecule is CN=C(NCC1CN(Cc2ccccc2)CCO1)N1CCC2(CCOC2)C1. The average molecular weight is 373 g/mol. The highest BCUT2D eigenvalue weighted by Gasteiger charge is 2.42. The molecule has 0 bridgehead atoms. The molecule has 6 nitrogen and oxygen atoms in total. The second kappa shape index (κ2) is 8.59. The van der Waals surface area contributed by atoms with E-state index in [1.54, 1.807) is 0 Å². The van der Waals surface area contributed by atoms with Gasteiger partial charge in [0.2, 0.25) is 0 Å². The molecule has 1 aromatic rings. The summed E-state index contributed by atoms with van der Waals surface area (Å²) in [5, 5.41) is 3.56. The van der Waals surface area contributed by atoms with Gasteiger partial charge in [0.25, 0.3) is 0 Å². The maximum absolute atomic E-state index is 6.00. The largest absolute Gasteiger partial charge is 0.381 e. The second-order valence-corrected chi connectivity index (χ2v) is 8.12. The highest BCUT2D eigenvalue weighted by molar-refractivity contribution is 5.80. The van der Waals surface area contributed by atoms with E-state index >= 15 is 0 Å². The minimum atomic E-state index is 0.200.